The maximum atomic E-state index is 6.28. The summed E-state index contributed by atoms with van der Waals surface area (Å²) in [6.07, 6.45) is 0.990. The predicted molar refractivity (Wildman–Crippen MR) is 82.8 cm³/mol. The van der Waals surface area contributed by atoms with Crippen LogP contribution in [0.3, 0.4) is 0 Å². The highest BCUT2D eigenvalue weighted by atomic mass is 35.5. The molecule has 0 fully saturated rings. The molecule has 1 rings (SSSR count). The lowest BCUT2D eigenvalue weighted by molar-refractivity contribution is 0.175. The number of methoxy groups -OCH3 is 1. The topological polar surface area (TPSA) is 21.3 Å². The molecule has 0 amide bonds. The minimum atomic E-state index is 0.193. The first-order valence-electron chi connectivity index (χ1n) is 6.92. The quantitative estimate of drug-likeness (QED) is 0.733. The van der Waals surface area contributed by atoms with Crippen LogP contribution in [0.5, 0.6) is 0 Å². The van der Waals surface area contributed by atoms with Crippen LogP contribution in [0.25, 0.3) is 0 Å². The minimum Gasteiger partial charge on any atom is -0.383 e. The van der Waals surface area contributed by atoms with Crippen molar-refractivity contribution in [2.45, 2.75) is 27.2 Å². The third kappa shape index (κ3) is 5.13. The second kappa shape index (κ2) is 7.88. The van der Waals surface area contributed by atoms with Crippen LogP contribution >= 0.6 is 11.6 Å². The summed E-state index contributed by atoms with van der Waals surface area (Å²) < 4.78 is 5.07. The Bertz CT molecular complexity index is 381. The van der Waals surface area contributed by atoms with E-state index in [0.717, 1.165) is 31.1 Å². The zero-order valence-electron chi connectivity index (χ0n) is 12.5. The van der Waals surface area contributed by atoms with Crippen LogP contribution in [0.15, 0.2) is 24.3 Å². The third-order valence-electron chi connectivity index (χ3n) is 3.96. The molecule has 0 aromatic heterocycles. The SMILES string of the molecule is COCCNCC(C)(Cc1ccccc1Cl)C(C)C. The number of nitrogens with one attached hydrogen (secondary N) is 1. The normalized spacial score (nSPS) is 14.6. The molecule has 1 aromatic carbocycles. The second-order valence-corrected chi connectivity index (χ2v) is 6.15. The molecule has 3 heteroatoms. The Kier molecular flexibility index (Phi) is 6.84. The van der Waals surface area contributed by atoms with Crippen molar-refractivity contribution in [2.24, 2.45) is 11.3 Å². The molecule has 1 unspecified atom stereocenters. The van der Waals surface area contributed by atoms with Crippen LogP contribution in [0.4, 0.5) is 0 Å². The number of ether oxygens (including phenoxy) is 1. The highest BCUT2D eigenvalue weighted by Gasteiger charge is 2.28. The molecule has 0 heterocycles. The van der Waals surface area contributed by atoms with Crippen molar-refractivity contribution in [2.75, 3.05) is 26.8 Å². The predicted octanol–water partition coefficient (Wildman–Crippen LogP) is 3.78. The number of hydrogen-bond acceptors (Lipinski definition) is 2. The van der Waals surface area contributed by atoms with Gasteiger partial charge in [-0.15, -0.1) is 0 Å². The molecule has 2 nitrogen and oxygen atoms in total. The van der Waals surface area contributed by atoms with Crippen LogP contribution in [0.2, 0.25) is 5.02 Å². The monoisotopic (exact) mass is 283 g/mol. The molecule has 19 heavy (non-hydrogen) atoms. The summed E-state index contributed by atoms with van der Waals surface area (Å²) >= 11 is 6.28. The lowest BCUT2D eigenvalue weighted by Crippen LogP contribution is -2.39. The Hall–Kier alpha value is -0.570. The average molecular weight is 284 g/mol. The van der Waals surface area contributed by atoms with E-state index in [9.17, 15) is 0 Å². The molecule has 0 bridgehead atoms. The molecule has 1 atom stereocenters. The van der Waals surface area contributed by atoms with Crippen LogP contribution in [0, 0.1) is 11.3 Å². The highest BCUT2D eigenvalue weighted by molar-refractivity contribution is 6.31. The molecule has 108 valence electrons. The lowest BCUT2D eigenvalue weighted by atomic mass is 9.74. The van der Waals surface area contributed by atoms with Gasteiger partial charge in [0.1, 0.15) is 0 Å². The smallest absolute Gasteiger partial charge is 0.0587 e. The van der Waals surface area contributed by atoms with E-state index in [2.05, 4.69) is 38.2 Å². The molecule has 0 saturated carbocycles. The van der Waals surface area contributed by atoms with Gasteiger partial charge in [0.25, 0.3) is 0 Å². The zero-order valence-corrected chi connectivity index (χ0v) is 13.3. The summed E-state index contributed by atoms with van der Waals surface area (Å²) in [4.78, 5) is 0. The second-order valence-electron chi connectivity index (χ2n) is 5.75. The van der Waals surface area contributed by atoms with E-state index in [-0.39, 0.29) is 5.41 Å². The molecule has 0 aliphatic carbocycles. The Morgan fingerprint density at radius 1 is 1.32 bits per heavy atom. The number of benzene rings is 1. The maximum Gasteiger partial charge on any atom is 0.0587 e. The van der Waals surface area contributed by atoms with Gasteiger partial charge in [0, 0.05) is 25.2 Å². The van der Waals surface area contributed by atoms with Crippen molar-refractivity contribution in [3.8, 4) is 0 Å². The van der Waals surface area contributed by atoms with Gasteiger partial charge >= 0.3 is 0 Å². The van der Waals surface area contributed by atoms with E-state index < -0.39 is 0 Å². The van der Waals surface area contributed by atoms with Gasteiger partial charge in [0.05, 0.1) is 6.61 Å². The number of halogens is 1. The fourth-order valence-corrected chi connectivity index (χ4v) is 2.30. The standard InChI is InChI=1S/C16H26ClNO/c1-13(2)16(3,12-18-9-10-19-4)11-14-7-5-6-8-15(14)17/h5-8,13,18H,9-12H2,1-4H3. The van der Waals surface area contributed by atoms with Crippen LogP contribution in [-0.4, -0.2) is 26.8 Å². The van der Waals surface area contributed by atoms with Gasteiger partial charge in [-0.2, -0.15) is 0 Å². The van der Waals surface area contributed by atoms with E-state index in [4.69, 9.17) is 16.3 Å². The number of hydrogen-bond donors (Lipinski definition) is 1. The van der Waals surface area contributed by atoms with Gasteiger partial charge in [-0.25, -0.2) is 0 Å². The zero-order chi connectivity index (χ0) is 14.3. The molecule has 0 aliphatic rings. The minimum absolute atomic E-state index is 0.193. The first-order valence-corrected chi connectivity index (χ1v) is 7.30. The fraction of sp³-hybridized carbons (Fsp3) is 0.625. The maximum absolute atomic E-state index is 6.28. The highest BCUT2D eigenvalue weighted by Crippen LogP contribution is 2.32. The molecular weight excluding hydrogens is 258 g/mol. The van der Waals surface area contributed by atoms with E-state index in [1.54, 1.807) is 7.11 Å². The largest absolute Gasteiger partial charge is 0.383 e. The van der Waals surface area contributed by atoms with E-state index in [1.165, 1.54) is 5.56 Å². The Morgan fingerprint density at radius 3 is 2.58 bits per heavy atom. The van der Waals surface area contributed by atoms with Crippen LogP contribution in [-0.2, 0) is 11.2 Å². The Balaban J connectivity index is 2.68. The van der Waals surface area contributed by atoms with Crippen molar-refractivity contribution in [3.05, 3.63) is 34.9 Å². The summed E-state index contributed by atoms with van der Waals surface area (Å²) in [6, 6.07) is 8.13. The van der Waals surface area contributed by atoms with Crippen molar-refractivity contribution in [3.63, 3.8) is 0 Å². The summed E-state index contributed by atoms with van der Waals surface area (Å²) in [7, 11) is 1.73. The van der Waals surface area contributed by atoms with Crippen molar-refractivity contribution in [1.29, 1.82) is 0 Å². The van der Waals surface area contributed by atoms with Crippen LogP contribution < -0.4 is 5.32 Å². The van der Waals surface area contributed by atoms with E-state index in [0.29, 0.717) is 5.92 Å². The summed E-state index contributed by atoms with van der Waals surface area (Å²) in [5.41, 5.74) is 1.42. The summed E-state index contributed by atoms with van der Waals surface area (Å²) in [5.74, 6) is 0.582. The van der Waals surface area contributed by atoms with Crippen molar-refractivity contribution < 1.29 is 4.74 Å². The van der Waals surface area contributed by atoms with Gasteiger partial charge in [0.15, 0.2) is 0 Å². The van der Waals surface area contributed by atoms with Gasteiger partial charge in [-0.3, -0.25) is 0 Å². The molecule has 0 aliphatic heterocycles. The molecule has 1 aromatic rings. The third-order valence-corrected chi connectivity index (χ3v) is 4.33. The first kappa shape index (κ1) is 16.5. The Morgan fingerprint density at radius 2 is 2.00 bits per heavy atom. The van der Waals surface area contributed by atoms with E-state index in [1.807, 2.05) is 12.1 Å². The molecule has 1 N–H and O–H groups in total. The fourth-order valence-electron chi connectivity index (χ4n) is 2.10. The average Bonchev–Trinajstić information content (AvgIpc) is 2.37. The summed E-state index contributed by atoms with van der Waals surface area (Å²) in [6.45, 7) is 9.48. The summed E-state index contributed by atoms with van der Waals surface area (Å²) in [5, 5.41) is 4.35. The van der Waals surface area contributed by atoms with Gasteiger partial charge < -0.3 is 10.1 Å². The molecular formula is C16H26ClNO. The van der Waals surface area contributed by atoms with Gasteiger partial charge in [0.2, 0.25) is 0 Å². The van der Waals surface area contributed by atoms with Gasteiger partial charge in [-0.1, -0.05) is 50.6 Å². The number of rotatable bonds is 8. The Labute approximate surface area is 122 Å². The van der Waals surface area contributed by atoms with Gasteiger partial charge in [-0.05, 0) is 29.4 Å². The molecule has 0 spiro atoms. The molecule has 0 saturated heterocycles. The van der Waals surface area contributed by atoms with Crippen molar-refractivity contribution >= 4 is 11.6 Å². The first-order chi connectivity index (χ1) is 8.99. The van der Waals surface area contributed by atoms with E-state index >= 15 is 0 Å². The molecule has 0 radical (unpaired) electrons. The van der Waals surface area contributed by atoms with Crippen LogP contribution in [0.1, 0.15) is 26.3 Å². The lowest BCUT2D eigenvalue weighted by Gasteiger charge is -2.34. The van der Waals surface area contributed by atoms with Crippen molar-refractivity contribution in [1.82, 2.24) is 5.32 Å².